The van der Waals surface area contributed by atoms with Gasteiger partial charge < -0.3 is 10.4 Å². The molecule has 0 spiro atoms. The number of carboxylic acids is 1. The maximum absolute atomic E-state index is 11.4. The van der Waals surface area contributed by atoms with Crippen molar-refractivity contribution < 1.29 is 9.90 Å². The molecule has 20 heavy (non-hydrogen) atoms. The summed E-state index contributed by atoms with van der Waals surface area (Å²) in [5.41, 5.74) is 1.12. The molecule has 3 nitrogen and oxygen atoms in total. The minimum absolute atomic E-state index is 0.391. The fourth-order valence-corrected chi connectivity index (χ4v) is 3.13. The third-order valence-corrected chi connectivity index (χ3v) is 4.53. The molecule has 0 aliphatic rings. The molecule has 1 aromatic carbocycles. The molecule has 2 N–H and O–H groups in total. The first-order valence-electron chi connectivity index (χ1n) is 6.83. The second-order valence-electron chi connectivity index (χ2n) is 4.52. The summed E-state index contributed by atoms with van der Waals surface area (Å²) >= 11 is 3.36. The van der Waals surface area contributed by atoms with E-state index in [0.29, 0.717) is 5.56 Å². The molecule has 0 aromatic heterocycles. The van der Waals surface area contributed by atoms with Gasteiger partial charge in [-0.25, -0.2) is 4.79 Å². The van der Waals surface area contributed by atoms with Crippen LogP contribution >= 0.6 is 23.5 Å². The van der Waals surface area contributed by atoms with E-state index in [0.717, 1.165) is 23.5 Å². The van der Waals surface area contributed by atoms with Crippen LogP contribution in [0, 0.1) is 0 Å². The average molecular weight is 313 g/mol. The van der Waals surface area contributed by atoms with E-state index in [2.05, 4.69) is 11.6 Å². The summed E-state index contributed by atoms with van der Waals surface area (Å²) in [5.74, 6) is 0.365. The van der Waals surface area contributed by atoms with Crippen LogP contribution in [0.5, 0.6) is 0 Å². The maximum atomic E-state index is 11.4. The fourth-order valence-electron chi connectivity index (χ4n) is 2.02. The van der Waals surface area contributed by atoms with Crippen molar-refractivity contribution in [2.45, 2.75) is 30.6 Å². The largest absolute Gasteiger partial charge is 0.478 e. The van der Waals surface area contributed by atoms with Gasteiger partial charge in [0, 0.05) is 17.1 Å². The van der Waals surface area contributed by atoms with Crippen LogP contribution in [0.1, 0.15) is 36.0 Å². The van der Waals surface area contributed by atoms with Crippen LogP contribution in [0.2, 0.25) is 0 Å². The zero-order valence-corrected chi connectivity index (χ0v) is 13.8. The van der Waals surface area contributed by atoms with Gasteiger partial charge in [0.05, 0.1) is 5.56 Å². The Labute approximate surface area is 129 Å². The Kier molecular flexibility index (Phi) is 8.62. The van der Waals surface area contributed by atoms with E-state index in [1.165, 1.54) is 36.8 Å². The molecule has 0 saturated carbocycles. The molecule has 0 aliphatic heterocycles. The second kappa shape index (κ2) is 10.00. The topological polar surface area (TPSA) is 49.3 Å². The molecule has 0 amide bonds. The van der Waals surface area contributed by atoms with E-state index in [1.807, 2.05) is 36.2 Å². The van der Waals surface area contributed by atoms with Gasteiger partial charge in [0.25, 0.3) is 0 Å². The van der Waals surface area contributed by atoms with Gasteiger partial charge in [0.1, 0.15) is 0 Å². The third-order valence-electron chi connectivity index (χ3n) is 3.05. The lowest BCUT2D eigenvalue weighted by atomic mass is 10.1. The van der Waals surface area contributed by atoms with Crippen molar-refractivity contribution in [3.05, 3.63) is 23.8 Å². The van der Waals surface area contributed by atoms with E-state index in [9.17, 15) is 9.90 Å². The van der Waals surface area contributed by atoms with Crippen LogP contribution in [0.3, 0.4) is 0 Å². The van der Waals surface area contributed by atoms with Gasteiger partial charge in [-0.3, -0.25) is 0 Å². The minimum Gasteiger partial charge on any atom is -0.478 e. The molecule has 1 rings (SSSR count). The smallest absolute Gasteiger partial charge is 0.338 e. The molecule has 1 aromatic rings. The SMILES string of the molecule is CSCCCCCCNc1cccc(SC)c1C(=O)O. The lowest BCUT2D eigenvalue weighted by Gasteiger charge is -2.12. The number of rotatable bonds is 10. The Morgan fingerprint density at radius 2 is 1.95 bits per heavy atom. The molecule has 0 saturated heterocycles. The Balaban J connectivity index is 2.45. The maximum Gasteiger partial charge on any atom is 0.338 e. The molecule has 0 fully saturated rings. The molecule has 0 aliphatic carbocycles. The molecule has 0 unspecified atom stereocenters. The summed E-state index contributed by atoms with van der Waals surface area (Å²) < 4.78 is 0. The standard InChI is InChI=1S/C15H23NO2S2/c1-19-11-6-4-3-5-10-16-12-8-7-9-13(20-2)14(12)15(17)18/h7-9,16H,3-6,10-11H2,1-2H3,(H,17,18). The predicted molar refractivity (Wildman–Crippen MR) is 90.5 cm³/mol. The number of unbranched alkanes of at least 4 members (excludes halogenated alkanes) is 3. The van der Waals surface area contributed by atoms with E-state index >= 15 is 0 Å². The summed E-state index contributed by atoms with van der Waals surface area (Å²) in [5, 5.41) is 12.6. The molecule has 112 valence electrons. The number of thioether (sulfide) groups is 2. The summed E-state index contributed by atoms with van der Waals surface area (Å²) in [6, 6.07) is 5.59. The van der Waals surface area contributed by atoms with Crippen molar-refractivity contribution in [2.24, 2.45) is 0 Å². The number of hydrogen-bond acceptors (Lipinski definition) is 4. The van der Waals surface area contributed by atoms with Crippen molar-refractivity contribution in [3.63, 3.8) is 0 Å². The average Bonchev–Trinajstić information content (AvgIpc) is 2.45. The van der Waals surface area contributed by atoms with Crippen molar-refractivity contribution in [1.82, 2.24) is 0 Å². The Morgan fingerprint density at radius 3 is 2.60 bits per heavy atom. The number of carboxylic acid groups (broad SMARTS) is 1. The number of benzene rings is 1. The van der Waals surface area contributed by atoms with Crippen molar-refractivity contribution in [1.29, 1.82) is 0 Å². The minimum atomic E-state index is -0.863. The van der Waals surface area contributed by atoms with Gasteiger partial charge in [-0.05, 0) is 43.2 Å². The normalized spacial score (nSPS) is 10.5. The van der Waals surface area contributed by atoms with Crippen LogP contribution < -0.4 is 5.32 Å². The number of nitrogens with one attached hydrogen (secondary N) is 1. The zero-order valence-electron chi connectivity index (χ0n) is 12.1. The lowest BCUT2D eigenvalue weighted by Crippen LogP contribution is -2.09. The number of carbonyl (C=O) groups is 1. The monoisotopic (exact) mass is 313 g/mol. The van der Waals surface area contributed by atoms with Crippen molar-refractivity contribution >= 4 is 35.2 Å². The molecule has 0 radical (unpaired) electrons. The van der Waals surface area contributed by atoms with Crippen LogP contribution in [0.25, 0.3) is 0 Å². The van der Waals surface area contributed by atoms with Crippen LogP contribution in [-0.4, -0.2) is 35.9 Å². The predicted octanol–water partition coefficient (Wildman–Crippen LogP) is 4.44. The summed E-state index contributed by atoms with van der Waals surface area (Å²) in [6.45, 7) is 0.831. The van der Waals surface area contributed by atoms with E-state index in [1.54, 1.807) is 0 Å². The first kappa shape index (κ1) is 17.2. The highest BCUT2D eigenvalue weighted by Crippen LogP contribution is 2.27. The molecular formula is C15H23NO2S2. The number of hydrogen-bond donors (Lipinski definition) is 2. The van der Waals surface area contributed by atoms with Gasteiger partial charge in [0.15, 0.2) is 0 Å². The quantitative estimate of drug-likeness (QED) is 0.494. The molecule has 0 heterocycles. The van der Waals surface area contributed by atoms with Gasteiger partial charge in [-0.15, -0.1) is 11.8 Å². The second-order valence-corrected chi connectivity index (χ2v) is 6.36. The lowest BCUT2D eigenvalue weighted by molar-refractivity contribution is 0.0694. The van der Waals surface area contributed by atoms with Gasteiger partial charge in [0.2, 0.25) is 0 Å². The molecule has 5 heteroatoms. The van der Waals surface area contributed by atoms with E-state index < -0.39 is 5.97 Å². The van der Waals surface area contributed by atoms with Gasteiger partial charge in [-0.2, -0.15) is 11.8 Å². The molecule has 0 bridgehead atoms. The highest BCUT2D eigenvalue weighted by atomic mass is 32.2. The first-order chi connectivity index (χ1) is 9.70. The first-order valence-corrected chi connectivity index (χ1v) is 9.45. The van der Waals surface area contributed by atoms with Crippen molar-refractivity contribution in [3.8, 4) is 0 Å². The van der Waals surface area contributed by atoms with Gasteiger partial charge in [-0.1, -0.05) is 18.9 Å². The zero-order chi connectivity index (χ0) is 14.8. The Hall–Kier alpha value is -0.810. The third kappa shape index (κ3) is 5.67. The summed E-state index contributed by atoms with van der Waals surface area (Å²) in [7, 11) is 0. The highest BCUT2D eigenvalue weighted by molar-refractivity contribution is 7.98. The molecular weight excluding hydrogens is 290 g/mol. The Morgan fingerprint density at radius 1 is 1.20 bits per heavy atom. The number of aromatic carboxylic acids is 1. The highest BCUT2D eigenvalue weighted by Gasteiger charge is 2.14. The summed E-state index contributed by atoms with van der Waals surface area (Å²) in [4.78, 5) is 12.2. The summed E-state index contributed by atoms with van der Waals surface area (Å²) in [6.07, 6.45) is 8.82. The van der Waals surface area contributed by atoms with E-state index in [-0.39, 0.29) is 0 Å². The fraction of sp³-hybridized carbons (Fsp3) is 0.533. The van der Waals surface area contributed by atoms with Crippen LogP contribution in [0.4, 0.5) is 5.69 Å². The van der Waals surface area contributed by atoms with Crippen LogP contribution in [0.15, 0.2) is 23.1 Å². The van der Waals surface area contributed by atoms with Gasteiger partial charge >= 0.3 is 5.97 Å². The Bertz CT molecular complexity index is 424. The van der Waals surface area contributed by atoms with Crippen LogP contribution in [-0.2, 0) is 0 Å². The van der Waals surface area contributed by atoms with E-state index in [4.69, 9.17) is 0 Å². The number of anilines is 1. The van der Waals surface area contributed by atoms with Crippen molar-refractivity contribution in [2.75, 3.05) is 30.1 Å². The molecule has 0 atom stereocenters.